The van der Waals surface area contributed by atoms with Gasteiger partial charge in [0.2, 0.25) is 0 Å². The van der Waals surface area contributed by atoms with Gasteiger partial charge in [0.05, 0.1) is 37.5 Å². The molecule has 0 N–H and O–H groups in total. The number of rotatable bonds is 8. The van der Waals surface area contributed by atoms with Crippen molar-refractivity contribution < 1.29 is 38.2 Å². The van der Waals surface area contributed by atoms with Crippen LogP contribution in [0.1, 0.15) is 33.2 Å². The molecule has 2 amide bonds. The Morgan fingerprint density at radius 2 is 1.46 bits per heavy atom. The highest BCUT2D eigenvalue weighted by Crippen LogP contribution is 2.29. The average molecular weight is 531 g/mol. The zero-order valence-electron chi connectivity index (χ0n) is 21.6. The first-order valence-corrected chi connectivity index (χ1v) is 12.1. The van der Waals surface area contributed by atoms with E-state index in [-0.39, 0.29) is 35.4 Å². The lowest BCUT2D eigenvalue weighted by molar-refractivity contribution is -0.147. The highest BCUT2D eigenvalue weighted by Gasteiger charge is 2.43. The summed E-state index contributed by atoms with van der Waals surface area (Å²) in [6, 6.07) is 12.0. The molecule has 0 aliphatic carbocycles. The lowest BCUT2D eigenvalue weighted by atomic mass is 10.0. The number of anilines is 1. The van der Waals surface area contributed by atoms with Gasteiger partial charge in [-0.3, -0.25) is 14.5 Å². The molecule has 2 aromatic rings. The number of carbonyl (C=O) groups is 5. The Labute approximate surface area is 224 Å². The van der Waals surface area contributed by atoms with Gasteiger partial charge in [0.15, 0.2) is 0 Å². The fourth-order valence-electron chi connectivity index (χ4n) is 4.39. The van der Waals surface area contributed by atoms with Crippen LogP contribution in [-0.2, 0) is 35.0 Å². The summed E-state index contributed by atoms with van der Waals surface area (Å²) < 4.78 is 15.0. The van der Waals surface area contributed by atoms with E-state index in [9.17, 15) is 24.0 Å². The Kier molecular flexibility index (Phi) is 8.04. The van der Waals surface area contributed by atoms with E-state index >= 15 is 0 Å². The molecule has 4 rings (SSSR count). The van der Waals surface area contributed by atoms with Crippen molar-refractivity contribution in [1.29, 1.82) is 0 Å². The zero-order chi connectivity index (χ0) is 28.1. The number of hydrogen-bond donors (Lipinski definition) is 0. The van der Waals surface area contributed by atoms with Gasteiger partial charge in [-0.15, -0.1) is 0 Å². The highest BCUT2D eigenvalue weighted by atomic mass is 16.5. The van der Waals surface area contributed by atoms with Gasteiger partial charge in [-0.05, 0) is 48.9 Å². The van der Waals surface area contributed by atoms with Gasteiger partial charge in [-0.2, -0.15) is 0 Å². The van der Waals surface area contributed by atoms with Crippen LogP contribution in [0.15, 0.2) is 84.2 Å². The number of imide groups is 1. The predicted molar refractivity (Wildman–Crippen MR) is 139 cm³/mol. The summed E-state index contributed by atoms with van der Waals surface area (Å²) in [7, 11) is 2.42. The van der Waals surface area contributed by atoms with Gasteiger partial charge in [0.1, 0.15) is 11.7 Å². The fourth-order valence-corrected chi connectivity index (χ4v) is 4.39. The second kappa shape index (κ2) is 11.6. The van der Waals surface area contributed by atoms with Gasteiger partial charge in [0, 0.05) is 18.3 Å². The van der Waals surface area contributed by atoms with E-state index in [4.69, 9.17) is 14.2 Å². The molecule has 39 heavy (non-hydrogen) atoms. The first-order chi connectivity index (χ1) is 18.8. The van der Waals surface area contributed by atoms with E-state index in [1.165, 1.54) is 25.2 Å². The molecule has 0 fully saturated rings. The molecule has 2 aliphatic heterocycles. The van der Waals surface area contributed by atoms with E-state index < -0.39 is 35.8 Å². The van der Waals surface area contributed by atoms with Crippen LogP contribution >= 0.6 is 0 Å². The smallest absolute Gasteiger partial charge is 0.355 e. The summed E-state index contributed by atoms with van der Waals surface area (Å²) in [5, 5.41) is 0. The minimum atomic E-state index is -1.18. The summed E-state index contributed by atoms with van der Waals surface area (Å²) >= 11 is 0. The number of carbonyl (C=O) groups excluding carboxylic acids is 5. The molecule has 2 aromatic carbocycles. The van der Waals surface area contributed by atoms with E-state index in [1.54, 1.807) is 73.8 Å². The number of hydrogen-bond acceptors (Lipinski definition) is 9. The molecule has 0 aromatic heterocycles. The van der Waals surface area contributed by atoms with Gasteiger partial charge in [-0.25, -0.2) is 14.4 Å². The van der Waals surface area contributed by atoms with E-state index in [1.807, 2.05) is 0 Å². The molecule has 0 saturated heterocycles. The Morgan fingerprint density at radius 1 is 0.846 bits per heavy atom. The van der Waals surface area contributed by atoms with Crippen LogP contribution in [0, 0.1) is 0 Å². The summed E-state index contributed by atoms with van der Waals surface area (Å²) in [5.74, 6) is -3.28. The molecule has 0 saturated carbocycles. The number of benzene rings is 2. The van der Waals surface area contributed by atoms with Crippen molar-refractivity contribution in [2.24, 2.45) is 0 Å². The van der Waals surface area contributed by atoms with Gasteiger partial charge in [-0.1, -0.05) is 30.3 Å². The third-order valence-corrected chi connectivity index (χ3v) is 6.23. The predicted octanol–water partition coefficient (Wildman–Crippen LogP) is 2.95. The number of amides is 2. The highest BCUT2D eigenvalue weighted by molar-refractivity contribution is 6.22. The van der Waals surface area contributed by atoms with Crippen LogP contribution < -0.4 is 4.90 Å². The van der Waals surface area contributed by atoms with Crippen molar-refractivity contribution in [2.75, 3.05) is 25.7 Å². The third kappa shape index (κ3) is 5.22. The van der Waals surface area contributed by atoms with E-state index in [0.29, 0.717) is 11.3 Å². The third-order valence-electron chi connectivity index (χ3n) is 6.23. The maximum Gasteiger partial charge on any atom is 0.355 e. The van der Waals surface area contributed by atoms with Crippen molar-refractivity contribution in [2.45, 2.75) is 19.4 Å². The van der Waals surface area contributed by atoms with E-state index in [0.717, 1.165) is 4.90 Å². The summed E-state index contributed by atoms with van der Waals surface area (Å²) in [4.78, 5) is 66.5. The Morgan fingerprint density at radius 3 is 2.03 bits per heavy atom. The molecule has 2 aliphatic rings. The molecule has 1 atom stereocenters. The summed E-state index contributed by atoms with van der Waals surface area (Å²) in [6.07, 6.45) is 6.29. The van der Waals surface area contributed by atoms with Crippen LogP contribution in [0.3, 0.4) is 0 Å². The first kappa shape index (κ1) is 27.1. The fraction of sp³-hybridized carbons (Fsp3) is 0.207. The lowest BCUT2D eigenvalue weighted by Crippen LogP contribution is -2.47. The number of ether oxygens (including phenoxy) is 3. The standard InChI is InChI=1S/C29H26N2O8/c1-4-39-28(35)23(31-25(32)20-9-5-6-10-21(20)26(31)33)17-18-12-14-19(15-13-18)30-16-8-7-11-22(27(34)37-2)24(30)29(36)38-3/h5-16,23H,4,17H2,1-3H3. The molecule has 0 radical (unpaired) electrons. The van der Waals surface area contributed by atoms with Crippen molar-refractivity contribution in [1.82, 2.24) is 4.90 Å². The number of esters is 3. The van der Waals surface area contributed by atoms with E-state index in [2.05, 4.69) is 0 Å². The molecule has 0 bridgehead atoms. The van der Waals surface area contributed by atoms with Gasteiger partial charge in [0.25, 0.3) is 11.8 Å². The number of methoxy groups -OCH3 is 2. The second-order valence-corrected chi connectivity index (χ2v) is 8.48. The largest absolute Gasteiger partial charge is 0.465 e. The first-order valence-electron chi connectivity index (χ1n) is 12.1. The van der Waals surface area contributed by atoms with Gasteiger partial charge >= 0.3 is 17.9 Å². The molecule has 1 unspecified atom stereocenters. The van der Waals surface area contributed by atoms with Crippen LogP contribution in [0.4, 0.5) is 5.69 Å². The molecule has 200 valence electrons. The molecule has 2 heterocycles. The van der Waals surface area contributed by atoms with Crippen molar-refractivity contribution in [3.63, 3.8) is 0 Å². The zero-order valence-corrected chi connectivity index (χ0v) is 21.6. The molecular formula is C29H26N2O8. The average Bonchev–Trinajstić information content (AvgIpc) is 3.09. The maximum absolute atomic E-state index is 13.1. The topological polar surface area (TPSA) is 120 Å². The Hall–Kier alpha value is -4.99. The lowest BCUT2D eigenvalue weighted by Gasteiger charge is -2.25. The van der Waals surface area contributed by atoms with Crippen LogP contribution in [0.25, 0.3) is 0 Å². The quantitative estimate of drug-likeness (QED) is 0.288. The second-order valence-electron chi connectivity index (χ2n) is 8.48. The number of fused-ring (bicyclic) bond motifs is 1. The summed E-state index contributed by atoms with van der Waals surface area (Å²) in [5.41, 5.74) is 1.56. The summed E-state index contributed by atoms with van der Waals surface area (Å²) in [6.45, 7) is 1.72. The minimum absolute atomic E-state index is 0.00595. The number of nitrogens with zero attached hydrogens (tertiary/aromatic N) is 2. The SMILES string of the molecule is CCOC(=O)C(Cc1ccc(N2C=CC=CC(C(=O)OC)=C2C(=O)OC)cc1)N1C(=O)c2ccccc2C1=O. The molecule has 10 nitrogen and oxygen atoms in total. The van der Waals surface area contributed by atoms with Crippen molar-refractivity contribution in [3.8, 4) is 0 Å². The monoisotopic (exact) mass is 530 g/mol. The maximum atomic E-state index is 13.1. The Bertz CT molecular complexity index is 1390. The molecule has 0 spiro atoms. The van der Waals surface area contributed by atoms with Crippen molar-refractivity contribution >= 4 is 35.4 Å². The Balaban J connectivity index is 1.66. The van der Waals surface area contributed by atoms with Gasteiger partial charge < -0.3 is 19.1 Å². The minimum Gasteiger partial charge on any atom is -0.465 e. The molecule has 10 heteroatoms. The number of allylic oxidation sites excluding steroid dienone is 2. The van der Waals surface area contributed by atoms with Crippen LogP contribution in [-0.4, -0.2) is 61.5 Å². The molecular weight excluding hydrogens is 504 g/mol. The van der Waals surface area contributed by atoms with Crippen LogP contribution in [0.5, 0.6) is 0 Å². The normalized spacial score (nSPS) is 15.2. The van der Waals surface area contributed by atoms with Crippen molar-refractivity contribution in [3.05, 3.63) is 101 Å². The van der Waals surface area contributed by atoms with Crippen LogP contribution in [0.2, 0.25) is 0 Å².